The predicted octanol–water partition coefficient (Wildman–Crippen LogP) is 0.566. The Bertz CT molecular complexity index is 202. The highest BCUT2D eigenvalue weighted by molar-refractivity contribution is 5.72. The number of carbonyl (C=O) groups is 1. The van der Waals surface area contributed by atoms with Gasteiger partial charge < -0.3 is 9.84 Å². The van der Waals surface area contributed by atoms with E-state index < -0.39 is 0 Å². The van der Waals surface area contributed by atoms with E-state index in [1.165, 1.54) is 0 Å². The molecule has 3 heteroatoms. The van der Waals surface area contributed by atoms with Crippen LogP contribution in [0.25, 0.3) is 0 Å². The summed E-state index contributed by atoms with van der Waals surface area (Å²) in [6.07, 6.45) is 1.55. The van der Waals surface area contributed by atoms with E-state index >= 15 is 0 Å². The van der Waals surface area contributed by atoms with Crippen LogP contribution in [0.4, 0.5) is 0 Å². The van der Waals surface area contributed by atoms with E-state index in [4.69, 9.17) is 9.84 Å². The molecular weight excluding hydrogens is 156 g/mol. The Kier molecular flexibility index (Phi) is 1.83. The molecule has 0 radical (unpaired) electrons. The van der Waals surface area contributed by atoms with Gasteiger partial charge in [-0.15, -0.1) is 0 Å². The third-order valence-corrected chi connectivity index (χ3v) is 3.26. The molecule has 1 saturated carbocycles. The van der Waals surface area contributed by atoms with Crippen molar-refractivity contribution in [1.82, 2.24) is 0 Å². The topological polar surface area (TPSA) is 46.5 Å². The smallest absolute Gasteiger partial charge is 0.306 e. The zero-order valence-electron chi connectivity index (χ0n) is 7.19. The molecule has 1 N–H and O–H groups in total. The van der Waals surface area contributed by atoms with Gasteiger partial charge in [0, 0.05) is 12.5 Å². The third kappa shape index (κ3) is 1.04. The van der Waals surface area contributed by atoms with Crippen LogP contribution in [-0.4, -0.2) is 23.8 Å². The van der Waals surface area contributed by atoms with Crippen LogP contribution in [0.3, 0.4) is 0 Å². The first-order valence-electron chi connectivity index (χ1n) is 4.52. The molecule has 1 heterocycles. The normalized spacial score (nSPS) is 46.0. The highest BCUT2D eigenvalue weighted by Crippen LogP contribution is 2.44. The summed E-state index contributed by atoms with van der Waals surface area (Å²) in [6.45, 7) is 2.31. The van der Waals surface area contributed by atoms with Crippen molar-refractivity contribution in [2.75, 3.05) is 6.61 Å². The van der Waals surface area contributed by atoms with Crippen LogP contribution in [0.5, 0.6) is 0 Å². The molecule has 1 saturated heterocycles. The highest BCUT2D eigenvalue weighted by Gasteiger charge is 2.47. The minimum atomic E-state index is -0.0876. The first kappa shape index (κ1) is 8.05. The highest BCUT2D eigenvalue weighted by atomic mass is 16.6. The Balaban J connectivity index is 2.11. The van der Waals surface area contributed by atoms with Crippen molar-refractivity contribution in [3.05, 3.63) is 0 Å². The molecule has 12 heavy (non-hydrogen) atoms. The number of rotatable bonds is 1. The molecule has 1 aliphatic heterocycles. The Morgan fingerprint density at radius 1 is 1.67 bits per heavy atom. The third-order valence-electron chi connectivity index (χ3n) is 3.26. The van der Waals surface area contributed by atoms with Gasteiger partial charge in [0.2, 0.25) is 0 Å². The maximum Gasteiger partial charge on any atom is 0.306 e. The van der Waals surface area contributed by atoms with Crippen LogP contribution < -0.4 is 0 Å². The van der Waals surface area contributed by atoms with E-state index in [9.17, 15) is 4.79 Å². The van der Waals surface area contributed by atoms with Crippen molar-refractivity contribution < 1.29 is 14.6 Å². The predicted molar refractivity (Wildman–Crippen MR) is 42.3 cm³/mol. The summed E-state index contributed by atoms with van der Waals surface area (Å²) in [7, 11) is 0. The summed E-state index contributed by atoms with van der Waals surface area (Å²) in [5, 5.41) is 9.10. The first-order chi connectivity index (χ1) is 5.72. The number of fused-ring (bicyclic) bond motifs is 1. The van der Waals surface area contributed by atoms with Gasteiger partial charge in [0.25, 0.3) is 0 Å². The van der Waals surface area contributed by atoms with Crippen LogP contribution in [0.2, 0.25) is 0 Å². The van der Waals surface area contributed by atoms with Crippen molar-refractivity contribution in [1.29, 1.82) is 0 Å². The monoisotopic (exact) mass is 170 g/mol. The second-order valence-corrected chi connectivity index (χ2v) is 3.96. The molecule has 0 bridgehead atoms. The number of aliphatic hydroxyl groups is 1. The van der Waals surface area contributed by atoms with Crippen LogP contribution >= 0.6 is 0 Å². The van der Waals surface area contributed by atoms with Crippen molar-refractivity contribution in [2.24, 2.45) is 17.8 Å². The Hall–Kier alpha value is -0.570. The van der Waals surface area contributed by atoms with Gasteiger partial charge in [0.05, 0.1) is 6.42 Å². The molecule has 0 aromatic heterocycles. The zero-order valence-corrected chi connectivity index (χ0v) is 7.19. The van der Waals surface area contributed by atoms with E-state index in [2.05, 4.69) is 6.92 Å². The number of ether oxygens (including phenoxy) is 1. The molecule has 3 nitrogen and oxygen atoms in total. The van der Waals surface area contributed by atoms with Crippen molar-refractivity contribution in [2.45, 2.75) is 25.9 Å². The SMILES string of the molecule is C[C@@H]1CC2OC(=O)C[C@@H]2[C@H]1CO. The number of aliphatic hydroxyl groups excluding tert-OH is 1. The Morgan fingerprint density at radius 3 is 3.08 bits per heavy atom. The van der Waals surface area contributed by atoms with Gasteiger partial charge in [-0.1, -0.05) is 6.92 Å². The number of hydrogen-bond donors (Lipinski definition) is 1. The molecule has 2 aliphatic rings. The molecule has 0 aromatic rings. The first-order valence-corrected chi connectivity index (χ1v) is 4.52. The zero-order chi connectivity index (χ0) is 8.72. The van der Waals surface area contributed by atoms with E-state index in [0.29, 0.717) is 12.3 Å². The van der Waals surface area contributed by atoms with Gasteiger partial charge in [-0.25, -0.2) is 0 Å². The molecule has 2 fully saturated rings. The Labute approximate surface area is 71.7 Å². The molecule has 1 unspecified atom stereocenters. The van der Waals surface area contributed by atoms with Gasteiger partial charge in [0.1, 0.15) is 6.10 Å². The van der Waals surface area contributed by atoms with Gasteiger partial charge in [-0.05, 0) is 18.3 Å². The molecule has 4 atom stereocenters. The number of esters is 1. The van der Waals surface area contributed by atoms with Gasteiger partial charge >= 0.3 is 5.97 Å². The molecule has 0 aromatic carbocycles. The maximum atomic E-state index is 10.9. The lowest BCUT2D eigenvalue weighted by Crippen LogP contribution is -2.19. The van der Waals surface area contributed by atoms with E-state index in [1.54, 1.807) is 0 Å². The van der Waals surface area contributed by atoms with Crippen molar-refractivity contribution in [3.63, 3.8) is 0 Å². The fourth-order valence-electron chi connectivity index (χ4n) is 2.56. The van der Waals surface area contributed by atoms with E-state index in [-0.39, 0.29) is 30.5 Å². The largest absolute Gasteiger partial charge is 0.462 e. The molecule has 2 rings (SSSR count). The minimum absolute atomic E-state index is 0.0876. The lowest BCUT2D eigenvalue weighted by molar-refractivity contribution is -0.141. The summed E-state index contributed by atoms with van der Waals surface area (Å²) in [5.41, 5.74) is 0. The molecular formula is C9H14O3. The van der Waals surface area contributed by atoms with Gasteiger partial charge in [-0.2, -0.15) is 0 Å². The van der Waals surface area contributed by atoms with Crippen LogP contribution in [0.15, 0.2) is 0 Å². The van der Waals surface area contributed by atoms with Crippen molar-refractivity contribution >= 4 is 5.97 Å². The van der Waals surface area contributed by atoms with Crippen LogP contribution in [0, 0.1) is 17.8 Å². The second-order valence-electron chi connectivity index (χ2n) is 3.96. The summed E-state index contributed by atoms with van der Waals surface area (Å²) in [4.78, 5) is 10.9. The molecule has 68 valence electrons. The van der Waals surface area contributed by atoms with Gasteiger partial charge in [0.15, 0.2) is 0 Å². The molecule has 1 aliphatic carbocycles. The van der Waals surface area contributed by atoms with E-state index in [0.717, 1.165) is 6.42 Å². The van der Waals surface area contributed by atoms with Crippen molar-refractivity contribution in [3.8, 4) is 0 Å². The summed E-state index contributed by atoms with van der Waals surface area (Å²) in [5.74, 6) is 0.979. The van der Waals surface area contributed by atoms with E-state index in [1.807, 2.05) is 0 Å². The maximum absolute atomic E-state index is 10.9. The second kappa shape index (κ2) is 2.73. The summed E-state index contributed by atoms with van der Waals surface area (Å²) in [6, 6.07) is 0. The fourth-order valence-corrected chi connectivity index (χ4v) is 2.56. The fraction of sp³-hybridized carbons (Fsp3) is 0.889. The van der Waals surface area contributed by atoms with Gasteiger partial charge in [-0.3, -0.25) is 4.79 Å². The standard InChI is InChI=1S/C9H14O3/c1-5-2-8-6(7(5)4-10)3-9(11)12-8/h5-8,10H,2-4H2,1H3/t5-,6-,7+,8?/m1/s1. The lowest BCUT2D eigenvalue weighted by Gasteiger charge is -2.15. The minimum Gasteiger partial charge on any atom is -0.462 e. The van der Waals surface area contributed by atoms with Crippen LogP contribution in [-0.2, 0) is 9.53 Å². The quantitative estimate of drug-likeness (QED) is 0.585. The average Bonchev–Trinajstić information content (AvgIpc) is 2.43. The molecule has 0 amide bonds. The number of hydrogen-bond acceptors (Lipinski definition) is 3. The number of carbonyl (C=O) groups excluding carboxylic acids is 1. The molecule has 0 spiro atoms. The Morgan fingerprint density at radius 2 is 2.42 bits per heavy atom. The van der Waals surface area contributed by atoms with Crippen LogP contribution in [0.1, 0.15) is 19.8 Å². The average molecular weight is 170 g/mol. The lowest BCUT2D eigenvalue weighted by atomic mass is 9.89. The summed E-state index contributed by atoms with van der Waals surface area (Å²) < 4.78 is 5.14. The summed E-state index contributed by atoms with van der Waals surface area (Å²) >= 11 is 0.